The molecule has 0 aliphatic heterocycles. The Morgan fingerprint density at radius 2 is 1.52 bits per heavy atom. The molecule has 4 aromatic rings. The first-order valence-electron chi connectivity index (χ1n) is 10.4. The Balaban J connectivity index is 1.55. The summed E-state index contributed by atoms with van der Waals surface area (Å²) in [5, 5.41) is 3.54. The topological polar surface area (TPSA) is 12.0 Å². The fraction of sp³-hybridized carbons (Fsp3) is 0.185. The second-order valence-corrected chi connectivity index (χ2v) is 8.41. The number of nitrogens with one attached hydrogen (secondary N) is 1. The average molecular weight is 398 g/mol. The zero-order chi connectivity index (χ0) is 20.1. The predicted octanol–water partition coefficient (Wildman–Crippen LogP) is 8.34. The number of rotatable bonds is 7. The van der Waals surface area contributed by atoms with E-state index in [1.54, 1.807) is 0 Å². The van der Waals surface area contributed by atoms with Crippen LogP contribution in [0.25, 0.3) is 20.9 Å². The second kappa shape index (κ2) is 9.11. The van der Waals surface area contributed by atoms with Crippen LogP contribution in [0.2, 0.25) is 0 Å². The number of hydrogen-bond acceptors (Lipinski definition) is 2. The second-order valence-electron chi connectivity index (χ2n) is 7.33. The van der Waals surface area contributed by atoms with Crippen molar-refractivity contribution < 1.29 is 0 Å². The molecule has 0 unspecified atom stereocenters. The van der Waals surface area contributed by atoms with Gasteiger partial charge in [0.15, 0.2) is 0 Å². The molecule has 1 aromatic heterocycles. The molecule has 4 rings (SSSR count). The van der Waals surface area contributed by atoms with Gasteiger partial charge in [-0.3, -0.25) is 0 Å². The number of hydrogen-bond donors (Lipinski definition) is 1. The Morgan fingerprint density at radius 1 is 0.724 bits per heavy atom. The van der Waals surface area contributed by atoms with Gasteiger partial charge >= 0.3 is 0 Å². The van der Waals surface area contributed by atoms with Crippen LogP contribution in [0, 0.1) is 0 Å². The zero-order valence-corrected chi connectivity index (χ0v) is 17.9. The fourth-order valence-electron chi connectivity index (χ4n) is 3.67. The standard InChI is InChI=1S/C27H27NS/c1-3-8-20-13-15-23(16-14-20)28-24-11-7-10-22(19-24)26-17-18-27(29-26)25-12-6-5-9-21(25)4-2/h5-7,9-19,28H,3-4,8H2,1-2H3. The lowest BCUT2D eigenvalue weighted by Crippen LogP contribution is -1.91. The lowest BCUT2D eigenvalue weighted by molar-refractivity contribution is 0.922. The van der Waals surface area contributed by atoms with Crippen LogP contribution in [0.3, 0.4) is 0 Å². The van der Waals surface area contributed by atoms with E-state index < -0.39 is 0 Å². The number of anilines is 2. The SMILES string of the molecule is CCCc1ccc(Nc2cccc(-c3ccc(-c4ccccc4CC)s3)c2)cc1. The molecule has 0 radical (unpaired) electrons. The van der Waals surface area contributed by atoms with E-state index in [1.807, 2.05) is 11.3 Å². The summed E-state index contributed by atoms with van der Waals surface area (Å²) in [5.41, 5.74) is 7.66. The van der Waals surface area contributed by atoms with Crippen LogP contribution >= 0.6 is 11.3 Å². The van der Waals surface area contributed by atoms with Gasteiger partial charge in [0.25, 0.3) is 0 Å². The van der Waals surface area contributed by atoms with Gasteiger partial charge in [0.1, 0.15) is 0 Å². The van der Waals surface area contributed by atoms with Gasteiger partial charge in [0, 0.05) is 21.1 Å². The summed E-state index contributed by atoms with van der Waals surface area (Å²) < 4.78 is 0. The first-order valence-corrected chi connectivity index (χ1v) is 11.2. The van der Waals surface area contributed by atoms with Crippen molar-refractivity contribution in [2.75, 3.05) is 5.32 Å². The van der Waals surface area contributed by atoms with Crippen molar-refractivity contribution in [2.45, 2.75) is 33.1 Å². The minimum atomic E-state index is 1.06. The monoisotopic (exact) mass is 397 g/mol. The molecule has 1 heterocycles. The van der Waals surface area contributed by atoms with Gasteiger partial charge < -0.3 is 5.32 Å². The summed E-state index contributed by atoms with van der Waals surface area (Å²) in [6.45, 7) is 4.44. The lowest BCUT2D eigenvalue weighted by atomic mass is 10.0. The predicted molar refractivity (Wildman–Crippen MR) is 128 cm³/mol. The van der Waals surface area contributed by atoms with Crippen molar-refractivity contribution in [1.82, 2.24) is 0 Å². The molecule has 0 atom stereocenters. The van der Waals surface area contributed by atoms with Crippen molar-refractivity contribution >= 4 is 22.7 Å². The Labute approximate surface area is 178 Å². The van der Waals surface area contributed by atoms with Crippen LogP contribution < -0.4 is 5.32 Å². The molecule has 0 amide bonds. The Kier molecular flexibility index (Phi) is 6.12. The van der Waals surface area contributed by atoms with Gasteiger partial charge in [-0.05, 0) is 71.5 Å². The molecule has 0 bridgehead atoms. The van der Waals surface area contributed by atoms with Crippen molar-refractivity contribution in [3.05, 3.63) is 96.1 Å². The van der Waals surface area contributed by atoms with Crippen molar-refractivity contribution in [2.24, 2.45) is 0 Å². The van der Waals surface area contributed by atoms with Crippen LogP contribution in [-0.2, 0) is 12.8 Å². The molecule has 3 aromatic carbocycles. The highest BCUT2D eigenvalue weighted by molar-refractivity contribution is 7.18. The Bertz CT molecular complexity index is 1080. The van der Waals surface area contributed by atoms with E-state index in [1.165, 1.54) is 38.4 Å². The van der Waals surface area contributed by atoms with Gasteiger partial charge in [-0.2, -0.15) is 0 Å². The van der Waals surface area contributed by atoms with E-state index in [0.717, 1.165) is 24.2 Å². The molecular weight excluding hydrogens is 370 g/mol. The van der Waals surface area contributed by atoms with Gasteiger partial charge in [0.05, 0.1) is 0 Å². The van der Waals surface area contributed by atoms with E-state index in [9.17, 15) is 0 Å². The van der Waals surface area contributed by atoms with Crippen LogP contribution in [0.15, 0.2) is 84.9 Å². The maximum absolute atomic E-state index is 3.54. The first-order chi connectivity index (χ1) is 14.3. The van der Waals surface area contributed by atoms with Crippen molar-refractivity contribution in [1.29, 1.82) is 0 Å². The smallest absolute Gasteiger partial charge is 0.0390 e. The van der Waals surface area contributed by atoms with E-state index in [2.05, 4.69) is 104 Å². The maximum atomic E-state index is 3.54. The minimum absolute atomic E-state index is 1.06. The third kappa shape index (κ3) is 4.60. The van der Waals surface area contributed by atoms with Gasteiger partial charge in [0.2, 0.25) is 0 Å². The summed E-state index contributed by atoms with van der Waals surface area (Å²) >= 11 is 1.86. The molecular formula is C27H27NS. The van der Waals surface area contributed by atoms with E-state index >= 15 is 0 Å². The Hall–Kier alpha value is -2.84. The average Bonchev–Trinajstić information content (AvgIpc) is 3.26. The third-order valence-electron chi connectivity index (χ3n) is 5.20. The van der Waals surface area contributed by atoms with Gasteiger partial charge in [-0.25, -0.2) is 0 Å². The largest absolute Gasteiger partial charge is 0.356 e. The zero-order valence-electron chi connectivity index (χ0n) is 17.1. The molecule has 0 spiro atoms. The summed E-state index contributed by atoms with van der Waals surface area (Å²) in [7, 11) is 0. The van der Waals surface area contributed by atoms with E-state index in [0.29, 0.717) is 0 Å². The molecule has 0 saturated carbocycles. The van der Waals surface area contributed by atoms with Crippen LogP contribution in [0.5, 0.6) is 0 Å². The summed E-state index contributed by atoms with van der Waals surface area (Å²) in [5.74, 6) is 0. The summed E-state index contributed by atoms with van der Waals surface area (Å²) in [6.07, 6.45) is 3.37. The van der Waals surface area contributed by atoms with E-state index in [-0.39, 0.29) is 0 Å². The van der Waals surface area contributed by atoms with Crippen molar-refractivity contribution in [3.8, 4) is 20.9 Å². The molecule has 1 nitrogen and oxygen atoms in total. The first kappa shape index (κ1) is 19.5. The van der Waals surface area contributed by atoms with Crippen LogP contribution in [0.4, 0.5) is 11.4 Å². The summed E-state index contributed by atoms with van der Waals surface area (Å²) in [6, 6.07) is 30.7. The van der Waals surface area contributed by atoms with Crippen LogP contribution in [-0.4, -0.2) is 0 Å². The molecule has 0 saturated heterocycles. The quantitative estimate of drug-likeness (QED) is 0.330. The normalized spacial score (nSPS) is 10.8. The Morgan fingerprint density at radius 3 is 2.31 bits per heavy atom. The summed E-state index contributed by atoms with van der Waals surface area (Å²) in [4.78, 5) is 2.63. The highest BCUT2D eigenvalue weighted by Gasteiger charge is 2.08. The molecule has 0 aliphatic carbocycles. The van der Waals surface area contributed by atoms with Gasteiger partial charge in [-0.15, -0.1) is 11.3 Å². The van der Waals surface area contributed by atoms with Crippen LogP contribution in [0.1, 0.15) is 31.4 Å². The van der Waals surface area contributed by atoms with Gasteiger partial charge in [-0.1, -0.05) is 68.8 Å². The van der Waals surface area contributed by atoms with Crippen molar-refractivity contribution in [3.63, 3.8) is 0 Å². The van der Waals surface area contributed by atoms with E-state index in [4.69, 9.17) is 0 Å². The minimum Gasteiger partial charge on any atom is -0.356 e. The molecule has 2 heteroatoms. The number of aryl methyl sites for hydroxylation is 2. The molecule has 146 valence electrons. The molecule has 1 N–H and O–H groups in total. The molecule has 29 heavy (non-hydrogen) atoms. The maximum Gasteiger partial charge on any atom is 0.0390 e. The number of thiophene rings is 1. The molecule has 0 fully saturated rings. The third-order valence-corrected chi connectivity index (χ3v) is 6.37. The molecule has 0 aliphatic rings. The lowest BCUT2D eigenvalue weighted by Gasteiger charge is -2.09. The fourth-order valence-corrected chi connectivity index (χ4v) is 4.73. The number of benzene rings is 3. The highest BCUT2D eigenvalue weighted by atomic mass is 32.1. The highest BCUT2D eigenvalue weighted by Crippen LogP contribution is 2.37.